The zero-order valence-corrected chi connectivity index (χ0v) is 11.7. The molecular weight excluding hydrogens is 244 g/mol. The van der Waals surface area contributed by atoms with Crippen LogP contribution in [0.2, 0.25) is 0 Å². The van der Waals surface area contributed by atoms with Gasteiger partial charge in [0.1, 0.15) is 6.07 Å². The van der Waals surface area contributed by atoms with Gasteiger partial charge in [0.2, 0.25) is 0 Å². The van der Waals surface area contributed by atoms with Gasteiger partial charge in [-0.3, -0.25) is 0 Å². The average Bonchev–Trinajstić information content (AvgIpc) is 2.37. The number of nitrogens with one attached hydrogen (secondary N) is 1. The first-order valence-electron chi connectivity index (χ1n) is 6.02. The van der Waals surface area contributed by atoms with Gasteiger partial charge >= 0.3 is 0 Å². The summed E-state index contributed by atoms with van der Waals surface area (Å²) in [5, 5.41) is 22.4. The van der Waals surface area contributed by atoms with Crippen LogP contribution in [-0.4, -0.2) is 23.5 Å². The van der Waals surface area contributed by atoms with E-state index in [0.29, 0.717) is 5.56 Å². The maximum absolute atomic E-state index is 9.74. The summed E-state index contributed by atoms with van der Waals surface area (Å²) in [4.78, 5) is 0.986. The lowest BCUT2D eigenvalue weighted by Crippen LogP contribution is -2.57. The van der Waals surface area contributed by atoms with Crippen LogP contribution in [0.1, 0.15) is 25.8 Å². The Balaban J connectivity index is 2.23. The number of nitriles is 1. The molecular formula is C14H18N2OS. The fraction of sp³-hybridized carbons (Fsp3) is 0.500. The number of benzene rings is 1. The van der Waals surface area contributed by atoms with Gasteiger partial charge in [0.05, 0.1) is 17.4 Å². The van der Waals surface area contributed by atoms with E-state index in [0.717, 1.165) is 17.0 Å². The minimum absolute atomic E-state index is 0.137. The second kappa shape index (κ2) is 4.83. The van der Waals surface area contributed by atoms with E-state index in [2.05, 4.69) is 11.4 Å². The van der Waals surface area contributed by atoms with Gasteiger partial charge in [-0.1, -0.05) is 19.9 Å². The first-order chi connectivity index (χ1) is 8.50. The van der Waals surface area contributed by atoms with Crippen LogP contribution in [0, 0.1) is 16.7 Å². The molecule has 0 amide bonds. The van der Waals surface area contributed by atoms with Gasteiger partial charge < -0.3 is 10.4 Å². The number of aliphatic hydroxyl groups is 1. The zero-order chi connectivity index (χ0) is 13.3. The number of thioether (sulfide) groups is 1. The summed E-state index contributed by atoms with van der Waals surface area (Å²) in [7, 11) is 0. The number of hydrogen-bond acceptors (Lipinski definition) is 4. The second-order valence-corrected chi connectivity index (χ2v) is 6.11. The molecule has 0 bridgehead atoms. The minimum Gasteiger partial charge on any atom is -0.392 e. The van der Waals surface area contributed by atoms with Gasteiger partial charge in [0, 0.05) is 16.4 Å². The SMILES string of the molecule is CSc1cccc(NC2CC(O)C2(C)C)c1C#N. The van der Waals surface area contributed by atoms with Crippen molar-refractivity contribution in [2.24, 2.45) is 5.41 Å². The van der Waals surface area contributed by atoms with Crippen molar-refractivity contribution in [2.45, 2.75) is 37.3 Å². The van der Waals surface area contributed by atoms with Crippen molar-refractivity contribution in [1.29, 1.82) is 5.26 Å². The zero-order valence-electron chi connectivity index (χ0n) is 10.9. The molecule has 2 unspecified atom stereocenters. The Hall–Kier alpha value is -1.18. The van der Waals surface area contributed by atoms with Crippen molar-refractivity contribution in [2.75, 3.05) is 11.6 Å². The molecule has 0 aromatic heterocycles. The summed E-state index contributed by atoms with van der Waals surface area (Å²) < 4.78 is 0. The largest absolute Gasteiger partial charge is 0.392 e. The highest BCUT2D eigenvalue weighted by molar-refractivity contribution is 7.98. The van der Waals surface area contributed by atoms with Crippen LogP contribution in [-0.2, 0) is 0 Å². The molecule has 1 aromatic carbocycles. The fourth-order valence-electron chi connectivity index (χ4n) is 2.27. The summed E-state index contributed by atoms with van der Waals surface area (Å²) in [5.74, 6) is 0. The number of hydrogen-bond donors (Lipinski definition) is 2. The van der Waals surface area contributed by atoms with Gasteiger partial charge in [0.15, 0.2) is 0 Å². The molecule has 1 saturated carbocycles. The Bertz CT molecular complexity index is 493. The first kappa shape index (κ1) is 13.3. The maximum Gasteiger partial charge on any atom is 0.102 e. The van der Waals surface area contributed by atoms with Crippen LogP contribution in [0.4, 0.5) is 5.69 Å². The van der Waals surface area contributed by atoms with E-state index in [4.69, 9.17) is 0 Å². The molecule has 18 heavy (non-hydrogen) atoms. The van der Waals surface area contributed by atoms with Gasteiger partial charge in [-0.25, -0.2) is 0 Å². The van der Waals surface area contributed by atoms with Crippen LogP contribution in [0.3, 0.4) is 0 Å². The molecule has 2 rings (SSSR count). The molecule has 1 aliphatic rings. The van der Waals surface area contributed by atoms with Gasteiger partial charge in [-0.05, 0) is 24.8 Å². The molecule has 1 aromatic rings. The fourth-order valence-corrected chi connectivity index (χ4v) is 2.85. The highest BCUT2D eigenvalue weighted by Gasteiger charge is 2.47. The van der Waals surface area contributed by atoms with Crippen LogP contribution in [0.25, 0.3) is 0 Å². The van der Waals surface area contributed by atoms with E-state index in [-0.39, 0.29) is 17.6 Å². The van der Waals surface area contributed by atoms with E-state index in [1.807, 2.05) is 38.3 Å². The van der Waals surface area contributed by atoms with E-state index >= 15 is 0 Å². The molecule has 1 aliphatic carbocycles. The second-order valence-electron chi connectivity index (χ2n) is 5.26. The number of nitrogens with zero attached hydrogens (tertiary/aromatic N) is 1. The van der Waals surface area contributed by atoms with E-state index < -0.39 is 0 Å². The summed E-state index contributed by atoms with van der Waals surface area (Å²) in [6.45, 7) is 4.09. The molecule has 2 atom stereocenters. The van der Waals surface area contributed by atoms with Crippen LogP contribution in [0.15, 0.2) is 23.1 Å². The van der Waals surface area contributed by atoms with Gasteiger partial charge in [0.25, 0.3) is 0 Å². The van der Waals surface area contributed by atoms with Crippen molar-refractivity contribution >= 4 is 17.4 Å². The normalized spacial score (nSPS) is 25.1. The third-order valence-electron chi connectivity index (χ3n) is 3.90. The molecule has 0 radical (unpaired) electrons. The Morgan fingerprint density at radius 3 is 2.72 bits per heavy atom. The Labute approximate surface area is 112 Å². The molecule has 0 spiro atoms. The molecule has 96 valence electrons. The van der Waals surface area contributed by atoms with Crippen LogP contribution >= 0.6 is 11.8 Å². The first-order valence-corrected chi connectivity index (χ1v) is 7.25. The molecule has 4 heteroatoms. The Morgan fingerprint density at radius 2 is 2.22 bits per heavy atom. The topological polar surface area (TPSA) is 56.0 Å². The summed E-state index contributed by atoms with van der Waals surface area (Å²) in [5.41, 5.74) is 1.43. The predicted octanol–water partition coefficient (Wildman–Crippen LogP) is 2.85. The number of anilines is 1. The smallest absolute Gasteiger partial charge is 0.102 e. The molecule has 2 N–H and O–H groups in total. The predicted molar refractivity (Wildman–Crippen MR) is 74.8 cm³/mol. The molecule has 0 aliphatic heterocycles. The maximum atomic E-state index is 9.74. The van der Waals surface area contributed by atoms with Crippen LogP contribution < -0.4 is 5.32 Å². The third-order valence-corrected chi connectivity index (χ3v) is 4.68. The van der Waals surface area contributed by atoms with Crippen LogP contribution in [0.5, 0.6) is 0 Å². The molecule has 3 nitrogen and oxygen atoms in total. The number of aliphatic hydroxyl groups excluding tert-OH is 1. The summed E-state index contributed by atoms with van der Waals surface area (Å²) in [6, 6.07) is 8.32. The van der Waals surface area contributed by atoms with Crippen molar-refractivity contribution in [3.05, 3.63) is 23.8 Å². The van der Waals surface area contributed by atoms with Crippen molar-refractivity contribution in [1.82, 2.24) is 0 Å². The van der Waals surface area contributed by atoms with Gasteiger partial charge in [-0.2, -0.15) is 5.26 Å². The molecule has 0 saturated heterocycles. The number of rotatable bonds is 3. The van der Waals surface area contributed by atoms with E-state index in [1.54, 1.807) is 11.8 Å². The lowest BCUT2D eigenvalue weighted by atomic mass is 9.64. The van der Waals surface area contributed by atoms with Crippen molar-refractivity contribution < 1.29 is 5.11 Å². The quantitative estimate of drug-likeness (QED) is 0.822. The van der Waals surface area contributed by atoms with Gasteiger partial charge in [-0.15, -0.1) is 11.8 Å². The summed E-state index contributed by atoms with van der Waals surface area (Å²) >= 11 is 1.58. The third kappa shape index (κ3) is 2.09. The molecule has 1 fully saturated rings. The van der Waals surface area contributed by atoms with E-state index in [1.165, 1.54) is 0 Å². The lowest BCUT2D eigenvalue weighted by Gasteiger charge is -2.50. The average molecular weight is 262 g/mol. The van der Waals surface area contributed by atoms with Crippen molar-refractivity contribution in [3.63, 3.8) is 0 Å². The van der Waals surface area contributed by atoms with E-state index in [9.17, 15) is 10.4 Å². The minimum atomic E-state index is -0.260. The summed E-state index contributed by atoms with van der Waals surface area (Å²) in [6.07, 6.45) is 2.45. The molecule has 0 heterocycles. The monoisotopic (exact) mass is 262 g/mol. The van der Waals surface area contributed by atoms with Crippen molar-refractivity contribution in [3.8, 4) is 6.07 Å². The standard InChI is InChI=1S/C14H18N2OS/c1-14(2)12(7-13(14)17)16-10-5-4-6-11(18-3)9(10)8-15/h4-6,12-13,16-17H,7H2,1-3H3. The lowest BCUT2D eigenvalue weighted by molar-refractivity contribution is -0.0510. The highest BCUT2D eigenvalue weighted by atomic mass is 32.2. The highest BCUT2D eigenvalue weighted by Crippen LogP contribution is 2.43. The Morgan fingerprint density at radius 1 is 1.50 bits per heavy atom. The Kier molecular flexibility index (Phi) is 3.56.